The molecule has 4 saturated carbocycles. The van der Waals surface area contributed by atoms with Gasteiger partial charge in [0.2, 0.25) is 0 Å². The fraction of sp³-hybridized carbons (Fsp3) is 0.651. The monoisotopic (exact) mass is 680 g/mol. The van der Waals surface area contributed by atoms with Crippen LogP contribution in [0.15, 0.2) is 61.2 Å². The van der Waals surface area contributed by atoms with E-state index in [1.165, 1.54) is 36.8 Å². The van der Waals surface area contributed by atoms with Gasteiger partial charge in [0.05, 0.1) is 11.9 Å². The van der Waals surface area contributed by atoms with Gasteiger partial charge in [-0.1, -0.05) is 65.0 Å². The number of nitrogens with one attached hydrogen (secondary N) is 2. The number of hydrogen-bond acceptors (Lipinski definition) is 3. The van der Waals surface area contributed by atoms with Crippen molar-refractivity contribution in [3.63, 3.8) is 0 Å². The van der Waals surface area contributed by atoms with E-state index in [2.05, 4.69) is 74.4 Å². The number of fused-ring (bicyclic) bond motifs is 7. The Bertz CT molecular complexity index is 1660. The van der Waals surface area contributed by atoms with Crippen molar-refractivity contribution in [3.05, 3.63) is 72.3 Å². The molecular weight excluding hydrogens is 620 g/mol. The summed E-state index contributed by atoms with van der Waals surface area (Å²) in [6.45, 7) is 21.1. The van der Waals surface area contributed by atoms with E-state index in [-0.39, 0.29) is 33.2 Å². The third-order valence-corrected chi connectivity index (χ3v) is 15.9. The minimum atomic E-state index is -0.875. The molecule has 0 radical (unpaired) electrons. The van der Waals surface area contributed by atoms with Crippen LogP contribution in [0.4, 0.5) is 4.79 Å². The van der Waals surface area contributed by atoms with Gasteiger partial charge in [-0.15, -0.1) is 0 Å². The smallest absolute Gasteiger partial charge is 0.335 e. The van der Waals surface area contributed by atoms with Crippen LogP contribution in [0.3, 0.4) is 0 Å². The predicted octanol–water partition coefficient (Wildman–Crippen LogP) is 9.37. The van der Waals surface area contributed by atoms with E-state index in [1.807, 2.05) is 24.7 Å². The number of rotatable bonds is 8. The van der Waals surface area contributed by atoms with Gasteiger partial charge in [0, 0.05) is 31.0 Å². The summed E-state index contributed by atoms with van der Waals surface area (Å²) in [6.07, 6.45) is 19.3. The molecule has 0 spiro atoms. The quantitative estimate of drug-likeness (QED) is 0.191. The lowest BCUT2D eigenvalue weighted by molar-refractivity contribution is -0.218. The van der Waals surface area contributed by atoms with Gasteiger partial charge in [0.15, 0.2) is 0 Å². The number of carbonyl (C=O) groups excluding carboxylic acids is 1. The van der Waals surface area contributed by atoms with Crippen LogP contribution < -0.4 is 10.6 Å². The molecule has 1 aromatic heterocycles. The number of urea groups is 1. The van der Waals surface area contributed by atoms with E-state index >= 15 is 0 Å². The summed E-state index contributed by atoms with van der Waals surface area (Å²) in [5.74, 6) is 1.73. The number of carboxylic acids is 1. The van der Waals surface area contributed by atoms with Gasteiger partial charge in [-0.3, -0.25) is 0 Å². The first-order valence-corrected chi connectivity index (χ1v) is 19.4. The van der Waals surface area contributed by atoms with E-state index in [9.17, 15) is 14.7 Å². The first kappa shape index (κ1) is 35.1. The second-order valence-electron chi connectivity index (χ2n) is 18.3. The van der Waals surface area contributed by atoms with Crippen LogP contribution in [0.25, 0.3) is 5.57 Å². The number of carboxylic acid groups (broad SMARTS) is 1. The van der Waals surface area contributed by atoms with Crippen LogP contribution in [0.1, 0.15) is 122 Å². The summed E-state index contributed by atoms with van der Waals surface area (Å²) in [7, 11) is 0. The Balaban J connectivity index is 1.13. The highest BCUT2D eigenvalue weighted by atomic mass is 16.4. The minimum Gasteiger partial charge on any atom is -0.478 e. The zero-order chi connectivity index (χ0) is 35.7. The molecule has 4 fully saturated rings. The Hall–Kier alpha value is -3.35. The van der Waals surface area contributed by atoms with Crippen LogP contribution in [0.5, 0.6) is 0 Å². The molecule has 5 aliphatic rings. The first-order chi connectivity index (χ1) is 23.7. The minimum absolute atomic E-state index is 0.00884. The summed E-state index contributed by atoms with van der Waals surface area (Å²) in [4.78, 5) is 29.2. The topological polar surface area (TPSA) is 96.3 Å². The second kappa shape index (κ2) is 12.4. The summed E-state index contributed by atoms with van der Waals surface area (Å²) in [6, 6.07) is 7.54. The Morgan fingerprint density at radius 3 is 2.40 bits per heavy atom. The van der Waals surface area contributed by atoms with Crippen molar-refractivity contribution < 1.29 is 14.7 Å². The lowest BCUT2D eigenvalue weighted by Crippen LogP contribution is -2.68. The first-order valence-electron chi connectivity index (χ1n) is 19.4. The Morgan fingerprint density at radius 2 is 1.72 bits per heavy atom. The number of aromatic carboxylic acids is 1. The van der Waals surface area contributed by atoms with Crippen LogP contribution in [-0.2, 0) is 6.54 Å². The van der Waals surface area contributed by atoms with Crippen LogP contribution in [-0.4, -0.2) is 38.7 Å². The molecule has 3 N–H and O–H groups in total. The fourth-order valence-corrected chi connectivity index (χ4v) is 13.4. The number of benzene rings is 1. The summed E-state index contributed by atoms with van der Waals surface area (Å²) in [5, 5.41) is 16.3. The van der Waals surface area contributed by atoms with Crippen molar-refractivity contribution in [3.8, 4) is 0 Å². The van der Waals surface area contributed by atoms with Gasteiger partial charge in [0.1, 0.15) is 0 Å². The van der Waals surface area contributed by atoms with Gasteiger partial charge in [-0.2, -0.15) is 0 Å². The number of imidazole rings is 1. The highest BCUT2D eigenvalue weighted by molar-refractivity contribution is 5.88. The Labute approximate surface area is 299 Å². The normalized spacial score (nSPS) is 38.4. The maximum atomic E-state index is 13.6. The van der Waals surface area contributed by atoms with Gasteiger partial charge >= 0.3 is 12.0 Å². The van der Waals surface area contributed by atoms with Crippen LogP contribution >= 0.6 is 0 Å². The zero-order valence-electron chi connectivity index (χ0n) is 31.4. The van der Waals surface area contributed by atoms with Gasteiger partial charge in [-0.25, -0.2) is 14.6 Å². The number of aromatic nitrogens is 2. The molecule has 7 rings (SSSR count). The summed E-state index contributed by atoms with van der Waals surface area (Å²) < 4.78 is 2.06. The lowest BCUT2D eigenvalue weighted by atomic mass is 9.33. The molecule has 5 aliphatic carbocycles. The van der Waals surface area contributed by atoms with Crippen LogP contribution in [0.2, 0.25) is 0 Å². The van der Waals surface area contributed by atoms with E-state index in [4.69, 9.17) is 0 Å². The highest BCUT2D eigenvalue weighted by Crippen LogP contribution is 2.76. The molecule has 2 amide bonds. The molecule has 0 bridgehead atoms. The van der Waals surface area contributed by atoms with E-state index in [0.717, 1.165) is 50.6 Å². The lowest BCUT2D eigenvalue weighted by Gasteiger charge is -2.72. The highest BCUT2D eigenvalue weighted by Gasteiger charge is 2.70. The van der Waals surface area contributed by atoms with E-state index in [0.29, 0.717) is 41.7 Å². The SMILES string of the molecule is C=C(C)[C@@H]1CC[C@]2(NC(=O)NCCCn3ccnc3)CC[C@]3(C)C(CC[C@@H]4[C@@]5(C)CC=C(c6ccc(C(=O)O)cc6)C(C)(C)[C@@H]5CC[C@]43C)[C@@H]12. The molecule has 0 saturated heterocycles. The fourth-order valence-electron chi connectivity index (χ4n) is 13.4. The third kappa shape index (κ3) is 5.30. The van der Waals surface area contributed by atoms with E-state index < -0.39 is 5.97 Å². The number of carbonyl (C=O) groups is 2. The van der Waals surface area contributed by atoms with Crippen molar-refractivity contribution in [1.82, 2.24) is 20.2 Å². The molecular formula is C43H60N4O3. The predicted molar refractivity (Wildman–Crippen MR) is 199 cm³/mol. The van der Waals surface area contributed by atoms with Crippen LogP contribution in [0, 0.1) is 51.2 Å². The Kier molecular flexibility index (Phi) is 8.70. The van der Waals surface area contributed by atoms with Gasteiger partial charge in [-0.05, 0) is 146 Å². The molecule has 50 heavy (non-hydrogen) atoms. The molecule has 1 unspecified atom stereocenters. The number of aryl methyl sites for hydroxylation is 1. The van der Waals surface area contributed by atoms with Crippen molar-refractivity contribution in [2.75, 3.05) is 6.54 Å². The van der Waals surface area contributed by atoms with Crippen molar-refractivity contribution >= 4 is 17.6 Å². The molecule has 0 aliphatic heterocycles. The Morgan fingerprint density at radius 1 is 0.960 bits per heavy atom. The van der Waals surface area contributed by atoms with Crippen molar-refractivity contribution in [2.45, 2.75) is 118 Å². The largest absolute Gasteiger partial charge is 0.478 e. The molecule has 270 valence electrons. The third-order valence-electron chi connectivity index (χ3n) is 15.9. The molecule has 1 heterocycles. The molecule has 7 heteroatoms. The average molecular weight is 681 g/mol. The number of nitrogens with zero attached hydrogens (tertiary/aromatic N) is 2. The summed E-state index contributed by atoms with van der Waals surface area (Å²) in [5.41, 5.74) is 4.60. The van der Waals surface area contributed by atoms with Crippen molar-refractivity contribution in [2.24, 2.45) is 51.2 Å². The molecule has 9 atom stereocenters. The average Bonchev–Trinajstić information content (AvgIpc) is 3.72. The van der Waals surface area contributed by atoms with Gasteiger partial charge in [0.25, 0.3) is 0 Å². The molecule has 7 nitrogen and oxygen atoms in total. The number of allylic oxidation sites excluding steroid dienone is 3. The maximum Gasteiger partial charge on any atom is 0.335 e. The van der Waals surface area contributed by atoms with Crippen molar-refractivity contribution in [1.29, 1.82) is 0 Å². The second-order valence-corrected chi connectivity index (χ2v) is 18.3. The zero-order valence-corrected chi connectivity index (χ0v) is 31.4. The molecule has 2 aromatic rings. The number of amides is 2. The van der Waals surface area contributed by atoms with Gasteiger partial charge < -0.3 is 20.3 Å². The number of hydrogen-bond donors (Lipinski definition) is 3. The van der Waals surface area contributed by atoms with E-state index in [1.54, 1.807) is 18.3 Å². The summed E-state index contributed by atoms with van der Waals surface area (Å²) >= 11 is 0. The standard InChI is InChI=1S/C43H60N4O3/c1-28(2)31-15-20-43(46-38(50)45-23-8-25-47-26-24-44-27-47)22-21-41(6)33(36(31)43)13-14-35-40(5)18-16-32(29-9-11-30(12-10-29)37(48)49)39(3,4)34(40)17-19-42(35,41)7/h9-12,16,24,26-27,31,33-36H,1,8,13-15,17-23,25H2,2-7H3,(H,48,49)(H2,45,46,50)/t31-,33?,34-,35+,36+,40-,41+,42+,43-/m0/s1. The maximum absolute atomic E-state index is 13.6. The molecule has 1 aromatic carbocycles.